The maximum absolute atomic E-state index is 2.33. The van der Waals surface area contributed by atoms with Crippen LogP contribution >= 0.6 is 11.3 Å². The molecule has 0 amide bonds. The van der Waals surface area contributed by atoms with Crippen molar-refractivity contribution < 1.29 is 0 Å². The molecule has 0 atom stereocenters. The van der Waals surface area contributed by atoms with Crippen molar-refractivity contribution in [2.45, 2.75) is 32.6 Å². The van der Waals surface area contributed by atoms with Crippen molar-refractivity contribution in [3.63, 3.8) is 0 Å². The third kappa shape index (κ3) is 3.57. The van der Waals surface area contributed by atoms with E-state index in [0.29, 0.717) is 0 Å². The van der Waals surface area contributed by atoms with Crippen LogP contribution in [-0.4, -0.2) is 0 Å². The number of unbranched alkanes of at least 4 members (excludes halogenated alkanes) is 3. The molecule has 0 bridgehead atoms. The van der Waals surface area contributed by atoms with Crippen LogP contribution in [0.15, 0.2) is 17.5 Å². The Balaban J connectivity index is 2.04. The summed E-state index contributed by atoms with van der Waals surface area (Å²) in [5, 5.41) is 2.13. The lowest BCUT2D eigenvalue weighted by molar-refractivity contribution is 0.716. The number of rotatable bonds is 5. The lowest BCUT2D eigenvalue weighted by atomic mass is 10.1. The van der Waals surface area contributed by atoms with Crippen molar-refractivity contribution in [2.24, 2.45) is 0 Å². The van der Waals surface area contributed by atoms with Crippen molar-refractivity contribution in [1.29, 1.82) is 0 Å². The molecule has 1 aromatic rings. The van der Waals surface area contributed by atoms with Gasteiger partial charge in [0.25, 0.3) is 0 Å². The summed E-state index contributed by atoms with van der Waals surface area (Å²) in [6.45, 7) is 2.24. The zero-order valence-corrected chi connectivity index (χ0v) is 7.86. The minimum Gasteiger partial charge on any atom is -0.149 e. The Morgan fingerprint density at radius 1 is 1.45 bits per heavy atom. The van der Waals surface area contributed by atoms with Gasteiger partial charge in [-0.1, -0.05) is 32.3 Å². The monoisotopic (exact) mass is 167 g/mol. The van der Waals surface area contributed by atoms with Crippen molar-refractivity contribution in [1.82, 2.24) is 0 Å². The number of thiophene rings is 1. The highest BCUT2D eigenvalue weighted by atomic mass is 32.1. The third-order valence-corrected chi connectivity index (χ3v) is 2.56. The Bertz CT molecular complexity index is 165. The smallest absolute Gasteiger partial charge is 0.00825 e. The van der Waals surface area contributed by atoms with E-state index in [0.717, 1.165) is 0 Å². The molecule has 0 saturated heterocycles. The van der Waals surface area contributed by atoms with E-state index in [-0.39, 0.29) is 0 Å². The molecule has 0 N–H and O–H groups in total. The Morgan fingerprint density at radius 2 is 2.36 bits per heavy atom. The summed E-state index contributed by atoms with van der Waals surface area (Å²) in [7, 11) is 0. The molecular formula is C10H15S. The highest BCUT2D eigenvalue weighted by Gasteiger charge is 1.92. The van der Waals surface area contributed by atoms with E-state index in [9.17, 15) is 0 Å². The largest absolute Gasteiger partial charge is 0.149 e. The molecule has 0 aliphatic heterocycles. The Hall–Kier alpha value is -0.300. The minimum absolute atomic E-state index is 1.24. The minimum atomic E-state index is 1.24. The molecule has 1 aromatic heterocycles. The van der Waals surface area contributed by atoms with Crippen LogP contribution in [0, 0.1) is 6.42 Å². The summed E-state index contributed by atoms with van der Waals surface area (Å²) in [6, 6.07) is 4.28. The lowest BCUT2D eigenvalue weighted by Crippen LogP contribution is -1.77. The molecule has 0 aliphatic carbocycles. The van der Waals surface area contributed by atoms with Gasteiger partial charge >= 0.3 is 0 Å². The Morgan fingerprint density at radius 3 is 3.00 bits per heavy atom. The SMILES string of the molecule is CCCCC[CH]c1cccs1. The molecule has 0 nitrogen and oxygen atoms in total. The maximum atomic E-state index is 2.33. The Labute approximate surface area is 73.3 Å². The van der Waals surface area contributed by atoms with E-state index >= 15 is 0 Å². The zero-order valence-electron chi connectivity index (χ0n) is 7.05. The van der Waals surface area contributed by atoms with E-state index < -0.39 is 0 Å². The summed E-state index contributed by atoms with van der Waals surface area (Å²) in [5.74, 6) is 0. The fraction of sp³-hybridized carbons (Fsp3) is 0.500. The molecule has 61 valence electrons. The van der Waals surface area contributed by atoms with Gasteiger partial charge in [0.15, 0.2) is 0 Å². The first-order valence-corrected chi connectivity index (χ1v) is 5.18. The van der Waals surface area contributed by atoms with Crippen molar-refractivity contribution in [3.8, 4) is 0 Å². The fourth-order valence-electron chi connectivity index (χ4n) is 1.05. The third-order valence-electron chi connectivity index (χ3n) is 1.70. The van der Waals surface area contributed by atoms with Gasteiger partial charge in [-0.25, -0.2) is 0 Å². The molecule has 1 heterocycles. The first kappa shape index (κ1) is 8.79. The molecule has 0 unspecified atom stereocenters. The summed E-state index contributed by atoms with van der Waals surface area (Å²) in [6.07, 6.45) is 7.60. The van der Waals surface area contributed by atoms with Gasteiger partial charge in [0.1, 0.15) is 0 Å². The number of hydrogen-bond donors (Lipinski definition) is 0. The van der Waals surface area contributed by atoms with Crippen LogP contribution in [0.5, 0.6) is 0 Å². The second-order valence-electron chi connectivity index (χ2n) is 2.72. The van der Waals surface area contributed by atoms with Crippen LogP contribution in [0.3, 0.4) is 0 Å². The van der Waals surface area contributed by atoms with Crippen LogP contribution in [0.25, 0.3) is 0 Å². The molecule has 1 heteroatoms. The summed E-state index contributed by atoms with van der Waals surface area (Å²) >= 11 is 1.83. The second-order valence-corrected chi connectivity index (χ2v) is 3.69. The van der Waals surface area contributed by atoms with E-state index in [1.165, 1.54) is 30.6 Å². The van der Waals surface area contributed by atoms with E-state index in [4.69, 9.17) is 0 Å². The molecule has 0 aliphatic rings. The van der Waals surface area contributed by atoms with Gasteiger partial charge in [0.2, 0.25) is 0 Å². The molecule has 0 aromatic carbocycles. The van der Waals surface area contributed by atoms with Crippen LogP contribution in [0.2, 0.25) is 0 Å². The molecule has 0 spiro atoms. The zero-order chi connectivity index (χ0) is 7.94. The molecule has 11 heavy (non-hydrogen) atoms. The first-order chi connectivity index (χ1) is 5.43. The molecular weight excluding hydrogens is 152 g/mol. The summed E-state index contributed by atoms with van der Waals surface area (Å²) < 4.78 is 0. The van der Waals surface area contributed by atoms with Crippen LogP contribution in [0.1, 0.15) is 37.5 Å². The van der Waals surface area contributed by atoms with Gasteiger partial charge in [0.05, 0.1) is 0 Å². The molecule has 1 radical (unpaired) electrons. The standard InChI is InChI=1S/C10H15S/c1-2-3-4-5-7-10-8-6-9-11-10/h6-9H,2-5H2,1H3. The highest BCUT2D eigenvalue weighted by Crippen LogP contribution is 2.14. The maximum Gasteiger partial charge on any atom is 0.00825 e. The molecule has 0 fully saturated rings. The summed E-state index contributed by atoms with van der Waals surface area (Å²) in [5.41, 5.74) is 0. The molecule has 0 saturated carbocycles. The van der Waals surface area contributed by atoms with Crippen molar-refractivity contribution >= 4 is 11.3 Å². The predicted octanol–water partition coefficient (Wildman–Crippen LogP) is 3.88. The van der Waals surface area contributed by atoms with E-state index in [1.807, 2.05) is 11.3 Å². The lowest BCUT2D eigenvalue weighted by Gasteiger charge is -1.95. The normalized spacial score (nSPS) is 10.3. The summed E-state index contributed by atoms with van der Waals surface area (Å²) in [4.78, 5) is 1.42. The van der Waals surface area contributed by atoms with Crippen LogP contribution in [-0.2, 0) is 0 Å². The highest BCUT2D eigenvalue weighted by molar-refractivity contribution is 7.10. The average Bonchev–Trinajstić information content (AvgIpc) is 2.50. The van der Waals surface area contributed by atoms with E-state index in [1.54, 1.807) is 0 Å². The quantitative estimate of drug-likeness (QED) is 0.584. The van der Waals surface area contributed by atoms with Gasteiger partial charge in [-0.3, -0.25) is 0 Å². The molecule has 1 rings (SSSR count). The first-order valence-electron chi connectivity index (χ1n) is 4.30. The van der Waals surface area contributed by atoms with Crippen molar-refractivity contribution in [2.75, 3.05) is 0 Å². The van der Waals surface area contributed by atoms with Gasteiger partial charge < -0.3 is 0 Å². The fourth-order valence-corrected chi connectivity index (χ4v) is 1.73. The van der Waals surface area contributed by atoms with Gasteiger partial charge in [-0.15, -0.1) is 11.3 Å². The number of hydrogen-bond acceptors (Lipinski definition) is 1. The second kappa shape index (κ2) is 5.36. The van der Waals surface area contributed by atoms with E-state index in [2.05, 4.69) is 30.9 Å². The van der Waals surface area contributed by atoms with Crippen molar-refractivity contribution in [3.05, 3.63) is 28.8 Å². The topological polar surface area (TPSA) is 0 Å². The Kier molecular flexibility index (Phi) is 4.29. The van der Waals surface area contributed by atoms with Gasteiger partial charge in [0, 0.05) is 11.3 Å². The van der Waals surface area contributed by atoms with Gasteiger partial charge in [-0.05, 0) is 17.9 Å². The van der Waals surface area contributed by atoms with Crippen LogP contribution < -0.4 is 0 Å². The average molecular weight is 167 g/mol. The van der Waals surface area contributed by atoms with Gasteiger partial charge in [-0.2, -0.15) is 0 Å². The predicted molar refractivity (Wildman–Crippen MR) is 51.9 cm³/mol. The van der Waals surface area contributed by atoms with Crippen LogP contribution in [0.4, 0.5) is 0 Å².